The van der Waals surface area contributed by atoms with Crippen molar-refractivity contribution in [2.75, 3.05) is 33.2 Å². The number of quaternary nitrogens is 1. The smallest absolute Gasteiger partial charge is 0.0896 e. The van der Waals surface area contributed by atoms with Gasteiger partial charge in [-0.05, 0) is 125 Å². The SMILES string of the molecule is C[C@]12CCC3C(CC[C@H]4CC[C@@H](N5CCCCC5)C[C@]34C)C1C[C@H]([N+]1(C)CCCCC1)C2.[Br-]. The Balaban J connectivity index is 0.00000228. The molecule has 0 amide bonds. The molecule has 2 nitrogen and oxygen atoms in total. The van der Waals surface area contributed by atoms with Crippen LogP contribution in [0.5, 0.6) is 0 Å². The molecule has 0 radical (unpaired) electrons. The van der Waals surface area contributed by atoms with Crippen LogP contribution in [0.15, 0.2) is 0 Å². The first-order valence-corrected chi connectivity index (χ1v) is 15.0. The highest BCUT2D eigenvalue weighted by molar-refractivity contribution is 5.09. The van der Waals surface area contributed by atoms with Crippen molar-refractivity contribution in [3.05, 3.63) is 0 Å². The summed E-state index contributed by atoms with van der Waals surface area (Å²) in [7, 11) is 2.64. The highest BCUT2D eigenvalue weighted by atomic mass is 79.9. The number of hydrogen-bond acceptors (Lipinski definition) is 1. The number of hydrogen-bond donors (Lipinski definition) is 0. The van der Waals surface area contributed by atoms with Crippen LogP contribution < -0.4 is 17.0 Å². The van der Waals surface area contributed by atoms with Gasteiger partial charge in [-0.25, -0.2) is 0 Å². The topological polar surface area (TPSA) is 3.24 Å². The molecular formula is C30H53BrN2. The maximum atomic E-state index is 2.94. The average molecular weight is 522 g/mol. The summed E-state index contributed by atoms with van der Waals surface area (Å²) in [4.78, 5) is 2.94. The van der Waals surface area contributed by atoms with E-state index in [-0.39, 0.29) is 17.0 Å². The second kappa shape index (κ2) is 9.37. The summed E-state index contributed by atoms with van der Waals surface area (Å²) >= 11 is 0. The van der Waals surface area contributed by atoms with E-state index in [0.717, 1.165) is 35.8 Å². The van der Waals surface area contributed by atoms with E-state index in [4.69, 9.17) is 0 Å². The number of rotatable bonds is 2. The Morgan fingerprint density at radius 3 is 2.21 bits per heavy atom. The van der Waals surface area contributed by atoms with E-state index in [0.29, 0.717) is 10.8 Å². The van der Waals surface area contributed by atoms with Crippen molar-refractivity contribution in [3.63, 3.8) is 0 Å². The van der Waals surface area contributed by atoms with E-state index in [2.05, 4.69) is 25.8 Å². The zero-order valence-electron chi connectivity index (χ0n) is 22.2. The second-order valence-electron chi connectivity index (χ2n) is 14.5. The number of piperidine rings is 2. The van der Waals surface area contributed by atoms with E-state index in [1.165, 1.54) is 75.6 Å². The van der Waals surface area contributed by atoms with Crippen molar-refractivity contribution >= 4 is 0 Å². The minimum Gasteiger partial charge on any atom is -1.00 e. The molecule has 4 saturated carbocycles. The van der Waals surface area contributed by atoms with Crippen molar-refractivity contribution in [1.82, 2.24) is 4.90 Å². The number of likely N-dealkylation sites (tertiary alicyclic amines) is 2. The van der Waals surface area contributed by atoms with E-state index in [9.17, 15) is 0 Å². The Hall–Kier alpha value is 0.400. The van der Waals surface area contributed by atoms with Gasteiger partial charge in [0.25, 0.3) is 0 Å². The average Bonchev–Trinajstić information content (AvgIpc) is 3.18. The van der Waals surface area contributed by atoms with E-state index in [1.807, 2.05) is 0 Å². The lowest BCUT2D eigenvalue weighted by molar-refractivity contribution is -0.937. The maximum Gasteiger partial charge on any atom is 0.0896 e. The van der Waals surface area contributed by atoms with E-state index < -0.39 is 0 Å². The third-order valence-corrected chi connectivity index (χ3v) is 13.0. The molecule has 0 N–H and O–H groups in total. The van der Waals surface area contributed by atoms with Crippen LogP contribution in [-0.4, -0.2) is 54.7 Å². The van der Waals surface area contributed by atoms with Crippen LogP contribution in [0.25, 0.3) is 0 Å². The first-order chi connectivity index (χ1) is 15.4. The summed E-state index contributed by atoms with van der Waals surface area (Å²) in [5, 5.41) is 0. The highest BCUT2D eigenvalue weighted by Gasteiger charge is 2.61. The van der Waals surface area contributed by atoms with Crippen LogP contribution in [-0.2, 0) is 0 Å². The Bertz CT molecular complexity index is 683. The van der Waals surface area contributed by atoms with Gasteiger partial charge in [-0.1, -0.05) is 20.3 Å². The fourth-order valence-corrected chi connectivity index (χ4v) is 11.0. The van der Waals surface area contributed by atoms with Gasteiger partial charge >= 0.3 is 0 Å². The van der Waals surface area contributed by atoms with Crippen molar-refractivity contribution in [2.24, 2.45) is 34.5 Å². The molecule has 2 saturated heterocycles. The molecule has 3 heteroatoms. The van der Waals surface area contributed by atoms with E-state index in [1.54, 1.807) is 51.4 Å². The highest BCUT2D eigenvalue weighted by Crippen LogP contribution is 2.67. The molecule has 2 heterocycles. The summed E-state index contributed by atoms with van der Waals surface area (Å²) in [5.74, 6) is 4.17. The summed E-state index contributed by atoms with van der Waals surface area (Å²) in [6.45, 7) is 11.3. The quantitative estimate of drug-likeness (QED) is 0.499. The van der Waals surface area contributed by atoms with Crippen LogP contribution in [0.3, 0.4) is 0 Å². The van der Waals surface area contributed by atoms with E-state index >= 15 is 0 Å². The predicted molar refractivity (Wildman–Crippen MR) is 134 cm³/mol. The molecule has 0 bridgehead atoms. The molecule has 3 unspecified atom stereocenters. The number of halogens is 1. The van der Waals surface area contributed by atoms with Gasteiger partial charge in [-0.15, -0.1) is 0 Å². The van der Waals surface area contributed by atoms with Gasteiger partial charge < -0.3 is 26.4 Å². The molecule has 8 atom stereocenters. The molecule has 6 rings (SSSR count). The molecule has 33 heavy (non-hydrogen) atoms. The molecular weight excluding hydrogens is 468 g/mol. The van der Waals surface area contributed by atoms with Gasteiger partial charge in [-0.2, -0.15) is 0 Å². The first-order valence-electron chi connectivity index (χ1n) is 15.0. The number of fused-ring (bicyclic) bond motifs is 5. The minimum atomic E-state index is 0. The van der Waals surface area contributed by atoms with Gasteiger partial charge in [0.1, 0.15) is 0 Å². The summed E-state index contributed by atoms with van der Waals surface area (Å²) < 4.78 is 1.43. The summed E-state index contributed by atoms with van der Waals surface area (Å²) in [6.07, 6.45) is 22.8. The first kappa shape index (κ1) is 25.1. The van der Waals surface area contributed by atoms with Crippen LogP contribution in [0, 0.1) is 34.5 Å². The maximum absolute atomic E-state index is 2.94. The molecule has 0 spiro atoms. The zero-order chi connectivity index (χ0) is 22.0. The third-order valence-electron chi connectivity index (χ3n) is 13.0. The zero-order valence-corrected chi connectivity index (χ0v) is 23.8. The normalized spacial score (nSPS) is 49.9. The fourth-order valence-electron chi connectivity index (χ4n) is 11.0. The monoisotopic (exact) mass is 520 g/mol. The van der Waals surface area contributed by atoms with Crippen molar-refractivity contribution in [1.29, 1.82) is 0 Å². The second-order valence-corrected chi connectivity index (χ2v) is 14.5. The fraction of sp³-hybridized carbons (Fsp3) is 1.00. The largest absolute Gasteiger partial charge is 1.00 e. The molecule has 190 valence electrons. The molecule has 0 aromatic heterocycles. The lowest BCUT2D eigenvalue weighted by atomic mass is 9.45. The van der Waals surface area contributed by atoms with Gasteiger partial charge in [0.15, 0.2) is 0 Å². The Labute approximate surface area is 216 Å². The van der Waals surface area contributed by atoms with Crippen LogP contribution in [0.2, 0.25) is 0 Å². The Kier molecular flexibility index (Phi) is 7.11. The molecule has 0 aromatic rings. The lowest BCUT2D eigenvalue weighted by Gasteiger charge is -2.61. The lowest BCUT2D eigenvalue weighted by Crippen LogP contribution is -3.00. The van der Waals surface area contributed by atoms with Crippen molar-refractivity contribution < 1.29 is 21.5 Å². The molecule has 6 aliphatic rings. The summed E-state index contributed by atoms with van der Waals surface area (Å²) in [6, 6.07) is 1.89. The van der Waals surface area contributed by atoms with Gasteiger partial charge in [-0.3, -0.25) is 0 Å². The molecule has 6 fully saturated rings. The number of nitrogens with zero attached hydrogens (tertiary/aromatic N) is 2. The van der Waals surface area contributed by atoms with Crippen LogP contribution in [0.1, 0.15) is 110 Å². The van der Waals surface area contributed by atoms with Crippen LogP contribution >= 0.6 is 0 Å². The molecule has 0 aromatic carbocycles. The minimum absolute atomic E-state index is 0. The Morgan fingerprint density at radius 1 is 0.758 bits per heavy atom. The van der Waals surface area contributed by atoms with Crippen LogP contribution in [0.4, 0.5) is 0 Å². The third kappa shape index (κ3) is 4.20. The molecule has 4 aliphatic carbocycles. The summed E-state index contributed by atoms with van der Waals surface area (Å²) in [5.41, 5.74) is 1.31. The Morgan fingerprint density at radius 2 is 1.45 bits per heavy atom. The van der Waals surface area contributed by atoms with Crippen molar-refractivity contribution in [2.45, 2.75) is 122 Å². The van der Waals surface area contributed by atoms with Crippen molar-refractivity contribution in [3.8, 4) is 0 Å². The van der Waals surface area contributed by atoms with Gasteiger partial charge in [0, 0.05) is 18.9 Å². The molecule has 2 aliphatic heterocycles. The van der Waals surface area contributed by atoms with Gasteiger partial charge in [0.2, 0.25) is 0 Å². The standard InChI is InChI=1S/C30H53N2.BrH/c1-29-15-14-27-26(28(29)20-25(22-29)32(3)18-8-5-9-19-32)13-11-23-10-12-24(21-30(23,27)2)31-16-6-4-7-17-31;/h23-28H,4-22H2,1-3H3;1H/q+1;/p-1/t23-,24-,25+,26?,27?,28?,29-,30+;/m1./s1. The van der Waals surface area contributed by atoms with Gasteiger partial charge in [0.05, 0.1) is 26.2 Å². The predicted octanol–water partition coefficient (Wildman–Crippen LogP) is 3.89.